The number of benzene rings is 1. The van der Waals surface area contributed by atoms with Crippen molar-refractivity contribution in [2.75, 3.05) is 26.8 Å². The Morgan fingerprint density at radius 3 is 3.00 bits per heavy atom. The summed E-state index contributed by atoms with van der Waals surface area (Å²) in [5.41, 5.74) is 2.57. The summed E-state index contributed by atoms with van der Waals surface area (Å²) in [6.45, 7) is 2.92. The van der Waals surface area contributed by atoms with Crippen LogP contribution in [0.25, 0.3) is 5.70 Å². The van der Waals surface area contributed by atoms with Gasteiger partial charge in [-0.25, -0.2) is 9.18 Å². The molecule has 1 aromatic carbocycles. The minimum absolute atomic E-state index is 0.214. The third-order valence-corrected chi connectivity index (χ3v) is 4.18. The van der Waals surface area contributed by atoms with Gasteiger partial charge in [0.25, 0.3) is 0 Å². The highest BCUT2D eigenvalue weighted by atomic mass is 19.1. The molecule has 3 rings (SSSR count). The first-order chi connectivity index (χ1) is 12.5. The topological polar surface area (TPSA) is 68.7 Å². The van der Waals surface area contributed by atoms with Crippen molar-refractivity contribution in [1.29, 1.82) is 0 Å². The van der Waals surface area contributed by atoms with E-state index >= 15 is 0 Å². The van der Waals surface area contributed by atoms with Gasteiger partial charge in [-0.05, 0) is 36.9 Å². The Labute approximate surface area is 151 Å². The number of aromatic carboxylic acids is 1. The summed E-state index contributed by atoms with van der Waals surface area (Å²) < 4.78 is 13.2. The van der Waals surface area contributed by atoms with Gasteiger partial charge >= 0.3 is 5.97 Å². The smallest absolute Gasteiger partial charge is 0.335 e. The molecule has 0 amide bonds. The van der Waals surface area contributed by atoms with E-state index < -0.39 is 5.97 Å². The predicted molar refractivity (Wildman–Crippen MR) is 96.6 cm³/mol. The Kier molecular flexibility index (Phi) is 5.48. The quantitative estimate of drug-likeness (QED) is 0.793. The second kappa shape index (κ2) is 7.97. The molecule has 136 valence electrons. The lowest BCUT2D eigenvalue weighted by Gasteiger charge is -2.21. The Morgan fingerprint density at radius 2 is 2.23 bits per heavy atom. The number of nitrogens with one attached hydrogen (secondary N) is 1. The van der Waals surface area contributed by atoms with Crippen LogP contribution in [0.2, 0.25) is 0 Å². The molecule has 2 heterocycles. The van der Waals surface area contributed by atoms with Crippen LogP contribution < -0.4 is 5.32 Å². The Balaban J connectivity index is 1.55. The maximum atomic E-state index is 13.2. The van der Waals surface area contributed by atoms with Crippen molar-refractivity contribution in [3.05, 3.63) is 71.4 Å². The highest BCUT2D eigenvalue weighted by molar-refractivity contribution is 5.88. The molecule has 0 spiro atoms. The molecular formula is C19H21FN4O2. The van der Waals surface area contributed by atoms with Crippen LogP contribution in [0.1, 0.15) is 21.6 Å². The van der Waals surface area contributed by atoms with Crippen molar-refractivity contribution in [2.45, 2.75) is 6.54 Å². The number of halogens is 1. The normalized spacial score (nSPS) is 13.7. The number of hydrogen-bond acceptors (Lipinski definition) is 5. The van der Waals surface area contributed by atoms with Crippen molar-refractivity contribution in [1.82, 2.24) is 20.1 Å². The van der Waals surface area contributed by atoms with Gasteiger partial charge in [-0.15, -0.1) is 0 Å². The van der Waals surface area contributed by atoms with E-state index in [1.807, 2.05) is 19.3 Å². The molecule has 0 radical (unpaired) electrons. The lowest BCUT2D eigenvalue weighted by Crippen LogP contribution is -2.31. The van der Waals surface area contributed by atoms with E-state index in [-0.39, 0.29) is 11.4 Å². The van der Waals surface area contributed by atoms with E-state index in [0.717, 1.165) is 24.4 Å². The van der Waals surface area contributed by atoms with Gasteiger partial charge in [0.05, 0.1) is 23.6 Å². The molecule has 7 heteroatoms. The first-order valence-corrected chi connectivity index (χ1v) is 8.34. The fourth-order valence-corrected chi connectivity index (χ4v) is 2.80. The van der Waals surface area contributed by atoms with Crippen molar-refractivity contribution < 1.29 is 14.3 Å². The van der Waals surface area contributed by atoms with Crippen LogP contribution in [0.4, 0.5) is 4.39 Å². The molecule has 0 unspecified atom stereocenters. The largest absolute Gasteiger partial charge is 0.478 e. The average Bonchev–Trinajstić information content (AvgIpc) is 3.09. The predicted octanol–water partition coefficient (Wildman–Crippen LogP) is 2.21. The van der Waals surface area contributed by atoms with Gasteiger partial charge in [0.15, 0.2) is 0 Å². The second-order valence-electron chi connectivity index (χ2n) is 6.29. The molecule has 0 atom stereocenters. The van der Waals surface area contributed by atoms with Gasteiger partial charge in [0, 0.05) is 32.0 Å². The van der Waals surface area contributed by atoms with Crippen LogP contribution in [0.3, 0.4) is 0 Å². The van der Waals surface area contributed by atoms with Crippen LogP contribution in [-0.2, 0) is 6.54 Å². The summed E-state index contributed by atoms with van der Waals surface area (Å²) in [7, 11) is 2.00. The summed E-state index contributed by atoms with van der Waals surface area (Å²) in [5.74, 6) is -1.19. The minimum atomic E-state index is -0.969. The SMILES string of the molecule is CN(CCN1C=C(c2cc(C(=O)O)ccn2)NC1)Cc1cccc(F)c1. The number of hydrogen-bond donors (Lipinski definition) is 2. The summed E-state index contributed by atoms with van der Waals surface area (Å²) in [5, 5.41) is 12.3. The summed E-state index contributed by atoms with van der Waals surface area (Å²) >= 11 is 0. The van der Waals surface area contributed by atoms with E-state index in [4.69, 9.17) is 5.11 Å². The molecule has 26 heavy (non-hydrogen) atoms. The number of carbonyl (C=O) groups is 1. The van der Waals surface area contributed by atoms with Gasteiger partial charge in [-0.2, -0.15) is 0 Å². The number of aromatic nitrogens is 1. The van der Waals surface area contributed by atoms with Gasteiger partial charge in [-0.1, -0.05) is 12.1 Å². The molecule has 2 N–H and O–H groups in total. The molecule has 1 aromatic heterocycles. The van der Waals surface area contributed by atoms with E-state index in [1.165, 1.54) is 18.3 Å². The molecule has 1 aliphatic rings. The highest BCUT2D eigenvalue weighted by Crippen LogP contribution is 2.16. The molecule has 6 nitrogen and oxygen atoms in total. The monoisotopic (exact) mass is 356 g/mol. The van der Waals surface area contributed by atoms with Crippen LogP contribution in [0, 0.1) is 5.82 Å². The zero-order valence-corrected chi connectivity index (χ0v) is 14.5. The Hall–Kier alpha value is -2.93. The zero-order chi connectivity index (χ0) is 18.5. The molecule has 0 saturated heterocycles. The molecule has 0 bridgehead atoms. The number of likely N-dealkylation sites (N-methyl/N-ethyl adjacent to an activating group) is 1. The highest BCUT2D eigenvalue weighted by Gasteiger charge is 2.15. The van der Waals surface area contributed by atoms with Crippen molar-refractivity contribution >= 4 is 11.7 Å². The average molecular weight is 356 g/mol. The lowest BCUT2D eigenvalue weighted by molar-refractivity contribution is 0.0696. The standard InChI is InChI=1S/C19H21FN4O2/c1-23(11-14-3-2-4-16(20)9-14)7-8-24-12-18(22-13-24)17-10-15(19(25)26)5-6-21-17/h2-6,9-10,12,22H,7-8,11,13H2,1H3,(H,25,26). The number of carboxylic acid groups (broad SMARTS) is 1. The van der Waals surface area contributed by atoms with E-state index in [0.29, 0.717) is 18.9 Å². The zero-order valence-electron chi connectivity index (χ0n) is 14.5. The first kappa shape index (κ1) is 17.9. The third-order valence-electron chi connectivity index (χ3n) is 4.18. The van der Waals surface area contributed by atoms with Crippen molar-refractivity contribution in [3.8, 4) is 0 Å². The van der Waals surface area contributed by atoms with Crippen molar-refractivity contribution in [2.24, 2.45) is 0 Å². The van der Waals surface area contributed by atoms with Crippen LogP contribution in [0.5, 0.6) is 0 Å². The minimum Gasteiger partial charge on any atom is -0.478 e. The van der Waals surface area contributed by atoms with Gasteiger partial charge < -0.3 is 20.2 Å². The molecule has 1 aliphatic heterocycles. The Bertz CT molecular complexity index is 825. The van der Waals surface area contributed by atoms with Crippen molar-refractivity contribution in [3.63, 3.8) is 0 Å². The third kappa shape index (κ3) is 4.58. The van der Waals surface area contributed by atoms with Crippen LogP contribution in [0.15, 0.2) is 48.8 Å². The van der Waals surface area contributed by atoms with Gasteiger partial charge in [-0.3, -0.25) is 4.98 Å². The van der Waals surface area contributed by atoms with Crippen LogP contribution >= 0.6 is 0 Å². The van der Waals surface area contributed by atoms with E-state index in [1.54, 1.807) is 18.2 Å². The molecular weight excluding hydrogens is 335 g/mol. The van der Waals surface area contributed by atoms with Crippen LogP contribution in [-0.4, -0.2) is 52.7 Å². The fourth-order valence-electron chi connectivity index (χ4n) is 2.80. The molecule has 0 fully saturated rings. The molecule has 0 saturated carbocycles. The number of carboxylic acids is 1. The van der Waals surface area contributed by atoms with E-state index in [9.17, 15) is 9.18 Å². The molecule has 0 aliphatic carbocycles. The summed E-state index contributed by atoms with van der Waals surface area (Å²) in [6, 6.07) is 9.65. The summed E-state index contributed by atoms with van der Waals surface area (Å²) in [4.78, 5) is 19.5. The molecule has 2 aromatic rings. The second-order valence-corrected chi connectivity index (χ2v) is 6.29. The number of nitrogens with zero attached hydrogens (tertiary/aromatic N) is 3. The Morgan fingerprint density at radius 1 is 1.38 bits per heavy atom. The number of pyridine rings is 1. The fraction of sp³-hybridized carbons (Fsp3) is 0.263. The maximum absolute atomic E-state index is 13.2. The maximum Gasteiger partial charge on any atom is 0.335 e. The first-order valence-electron chi connectivity index (χ1n) is 8.34. The lowest BCUT2D eigenvalue weighted by atomic mass is 10.2. The van der Waals surface area contributed by atoms with Gasteiger partial charge in [0.2, 0.25) is 0 Å². The van der Waals surface area contributed by atoms with E-state index in [2.05, 4.69) is 20.1 Å². The van der Waals surface area contributed by atoms with Gasteiger partial charge in [0.1, 0.15) is 5.82 Å². The summed E-state index contributed by atoms with van der Waals surface area (Å²) in [6.07, 6.45) is 3.45. The number of rotatable bonds is 7.